The van der Waals surface area contributed by atoms with Crippen LogP contribution in [-0.2, 0) is 4.79 Å². The summed E-state index contributed by atoms with van der Waals surface area (Å²) in [5, 5.41) is 18.7. The maximum absolute atomic E-state index is 13.7. The Morgan fingerprint density at radius 1 is 1.40 bits per heavy atom. The van der Waals surface area contributed by atoms with Crippen LogP contribution in [0.25, 0.3) is 0 Å². The maximum Gasteiger partial charge on any atom is 0.337 e. The smallest absolute Gasteiger partial charge is 0.337 e. The third-order valence-electron chi connectivity index (χ3n) is 2.57. The number of carboxylic acids is 1. The Morgan fingerprint density at radius 3 is 2.60 bits per heavy atom. The molecule has 0 saturated heterocycles. The fourth-order valence-electron chi connectivity index (χ4n) is 1.65. The highest BCUT2D eigenvalue weighted by molar-refractivity contribution is 5.89. The molecule has 102 valence electrons. The van der Waals surface area contributed by atoms with Gasteiger partial charge < -0.3 is 5.11 Å². The van der Waals surface area contributed by atoms with Crippen molar-refractivity contribution in [2.75, 3.05) is 12.0 Å². The number of benzene rings is 1. The predicted octanol–water partition coefficient (Wildman–Crippen LogP) is 2.00. The lowest BCUT2D eigenvalue weighted by molar-refractivity contribution is -0.132. The molecule has 2 rings (SSSR count). The number of halogens is 2. The minimum Gasteiger partial charge on any atom is -0.478 e. The summed E-state index contributed by atoms with van der Waals surface area (Å²) < 4.78 is 27.3. The van der Waals surface area contributed by atoms with E-state index in [1.54, 1.807) is 6.07 Å². The molecule has 2 N–H and O–H groups in total. The summed E-state index contributed by atoms with van der Waals surface area (Å²) in [5.41, 5.74) is 1.84. The van der Waals surface area contributed by atoms with E-state index in [0.29, 0.717) is 0 Å². The second kappa shape index (κ2) is 5.40. The van der Waals surface area contributed by atoms with Gasteiger partial charge in [0.1, 0.15) is 5.69 Å². The second-order valence-corrected chi connectivity index (χ2v) is 3.98. The highest BCUT2D eigenvalue weighted by Gasteiger charge is 2.16. The number of aliphatic carboxylic acids is 1. The largest absolute Gasteiger partial charge is 0.478 e. The molecule has 0 aliphatic carbocycles. The Balaban J connectivity index is 2.26. The molecule has 1 aliphatic heterocycles. The molecule has 1 aromatic rings. The Bertz CT molecular complexity index is 639. The van der Waals surface area contributed by atoms with Crippen LogP contribution in [0.2, 0.25) is 0 Å². The summed E-state index contributed by atoms with van der Waals surface area (Å²) in [5.74, 6) is -3.00. The summed E-state index contributed by atoms with van der Waals surface area (Å²) in [6.07, 6.45) is 4.15. The molecule has 5 nitrogen and oxygen atoms in total. The van der Waals surface area contributed by atoms with E-state index in [0.717, 1.165) is 12.1 Å². The van der Waals surface area contributed by atoms with Crippen molar-refractivity contribution in [2.45, 2.75) is 0 Å². The summed E-state index contributed by atoms with van der Waals surface area (Å²) in [6.45, 7) is 0.246. The van der Waals surface area contributed by atoms with Crippen molar-refractivity contribution in [2.24, 2.45) is 0 Å². The lowest BCUT2D eigenvalue weighted by Gasteiger charge is -2.24. The number of anilines is 1. The minimum atomic E-state index is -1.14. The van der Waals surface area contributed by atoms with E-state index in [4.69, 9.17) is 10.4 Å². The molecule has 0 saturated carbocycles. The molecule has 1 heterocycles. The number of carbonyl (C=O) groups is 1. The lowest BCUT2D eigenvalue weighted by atomic mass is 10.2. The van der Waals surface area contributed by atoms with E-state index in [1.165, 1.54) is 23.4 Å². The highest BCUT2D eigenvalue weighted by atomic mass is 19.1. The quantitative estimate of drug-likeness (QED) is 0.883. The van der Waals surface area contributed by atoms with E-state index >= 15 is 0 Å². The van der Waals surface area contributed by atoms with Crippen LogP contribution in [0.3, 0.4) is 0 Å². The molecule has 0 aromatic heterocycles. The Labute approximate surface area is 113 Å². The van der Waals surface area contributed by atoms with Gasteiger partial charge in [-0.3, -0.25) is 10.4 Å². The van der Waals surface area contributed by atoms with Crippen LogP contribution in [0.1, 0.15) is 5.56 Å². The van der Waals surface area contributed by atoms with E-state index in [9.17, 15) is 13.6 Å². The van der Waals surface area contributed by atoms with Crippen molar-refractivity contribution >= 4 is 11.7 Å². The van der Waals surface area contributed by atoms with Gasteiger partial charge in [0, 0.05) is 6.20 Å². The summed E-state index contributed by atoms with van der Waals surface area (Å²) in [7, 11) is 0. The molecule has 1 aliphatic rings. The Morgan fingerprint density at radius 2 is 2.05 bits per heavy atom. The van der Waals surface area contributed by atoms with Gasteiger partial charge in [0.2, 0.25) is 0 Å². The zero-order valence-corrected chi connectivity index (χ0v) is 10.1. The number of hydrazine groups is 1. The molecule has 20 heavy (non-hydrogen) atoms. The van der Waals surface area contributed by atoms with E-state index < -0.39 is 23.3 Å². The average molecular weight is 277 g/mol. The van der Waals surface area contributed by atoms with Crippen molar-refractivity contribution in [3.05, 3.63) is 53.3 Å². The number of carboxylic acid groups (broad SMARTS) is 1. The second-order valence-electron chi connectivity index (χ2n) is 3.98. The normalized spacial score (nSPS) is 13.7. The van der Waals surface area contributed by atoms with Gasteiger partial charge >= 0.3 is 5.97 Å². The van der Waals surface area contributed by atoms with Gasteiger partial charge in [0.05, 0.1) is 23.8 Å². The first-order chi connectivity index (χ1) is 9.51. The van der Waals surface area contributed by atoms with Crippen LogP contribution in [-0.4, -0.2) is 22.6 Å². The third kappa shape index (κ3) is 2.75. The van der Waals surface area contributed by atoms with Crippen LogP contribution >= 0.6 is 0 Å². The molecule has 0 atom stereocenters. The fourth-order valence-corrected chi connectivity index (χ4v) is 1.65. The van der Waals surface area contributed by atoms with Crippen LogP contribution in [0.4, 0.5) is 14.5 Å². The van der Waals surface area contributed by atoms with E-state index in [1.807, 2.05) is 0 Å². The summed E-state index contributed by atoms with van der Waals surface area (Å²) >= 11 is 0. The topological polar surface area (TPSA) is 76.4 Å². The Hall–Kier alpha value is -2.88. The molecule has 7 heteroatoms. The van der Waals surface area contributed by atoms with Gasteiger partial charge in [-0.15, -0.1) is 0 Å². The molecule has 0 spiro atoms. The van der Waals surface area contributed by atoms with Gasteiger partial charge in [0.15, 0.2) is 11.6 Å². The maximum atomic E-state index is 13.7. The summed E-state index contributed by atoms with van der Waals surface area (Å²) in [4.78, 5) is 10.8. The number of rotatable bonds is 3. The first-order valence-corrected chi connectivity index (χ1v) is 5.55. The zero-order chi connectivity index (χ0) is 14.7. The molecule has 0 amide bonds. The van der Waals surface area contributed by atoms with Crippen molar-refractivity contribution < 1.29 is 18.7 Å². The van der Waals surface area contributed by atoms with E-state index in [2.05, 4.69) is 5.43 Å². The minimum absolute atomic E-state index is 0.0155. The molecular weight excluding hydrogens is 268 g/mol. The van der Waals surface area contributed by atoms with Gasteiger partial charge in [-0.05, 0) is 18.2 Å². The van der Waals surface area contributed by atoms with Crippen molar-refractivity contribution in [1.29, 1.82) is 5.26 Å². The molecule has 0 unspecified atom stereocenters. The van der Waals surface area contributed by atoms with Crippen molar-refractivity contribution in [3.8, 4) is 6.07 Å². The van der Waals surface area contributed by atoms with Crippen LogP contribution < -0.4 is 5.43 Å². The van der Waals surface area contributed by atoms with Crippen LogP contribution in [0.5, 0.6) is 0 Å². The zero-order valence-electron chi connectivity index (χ0n) is 10.1. The molecule has 0 fully saturated rings. The van der Waals surface area contributed by atoms with Crippen molar-refractivity contribution in [3.63, 3.8) is 0 Å². The van der Waals surface area contributed by atoms with Gasteiger partial charge in [-0.2, -0.15) is 5.26 Å². The number of nitrogens with zero attached hydrogens (tertiary/aromatic N) is 2. The van der Waals surface area contributed by atoms with Crippen LogP contribution in [0.15, 0.2) is 36.1 Å². The monoisotopic (exact) mass is 277 g/mol. The van der Waals surface area contributed by atoms with Gasteiger partial charge in [-0.25, -0.2) is 13.6 Å². The third-order valence-corrected chi connectivity index (χ3v) is 2.57. The van der Waals surface area contributed by atoms with Gasteiger partial charge in [0.25, 0.3) is 0 Å². The number of hydrogen-bond donors (Lipinski definition) is 2. The Kier molecular flexibility index (Phi) is 3.66. The number of nitrogens with one attached hydrogen (secondary N) is 1. The van der Waals surface area contributed by atoms with Crippen molar-refractivity contribution in [1.82, 2.24) is 5.01 Å². The van der Waals surface area contributed by atoms with E-state index in [-0.39, 0.29) is 17.7 Å². The summed E-state index contributed by atoms with van der Waals surface area (Å²) in [6, 6.07) is 3.43. The number of hydrogen-bond acceptors (Lipinski definition) is 4. The van der Waals surface area contributed by atoms with Gasteiger partial charge in [-0.1, -0.05) is 6.08 Å². The molecular formula is C13H9F2N3O2. The van der Waals surface area contributed by atoms with Crippen LogP contribution in [0, 0.1) is 23.0 Å². The first-order valence-electron chi connectivity index (χ1n) is 5.55. The predicted molar refractivity (Wildman–Crippen MR) is 66.3 cm³/mol. The lowest BCUT2D eigenvalue weighted by Crippen LogP contribution is -2.28. The highest BCUT2D eigenvalue weighted by Crippen LogP contribution is 2.22. The average Bonchev–Trinajstić information content (AvgIpc) is 2.42. The molecule has 0 bridgehead atoms. The standard InChI is InChI=1S/C13H9F2N3O2/c14-10-4-8(6-16)5-11(15)12(10)17-18-3-1-2-9(7-18)13(19)20/h1-2,4-5,7,17H,3H2,(H,19,20). The first kappa shape index (κ1) is 13.5. The molecule has 0 radical (unpaired) electrons. The molecule has 1 aromatic carbocycles. The fraction of sp³-hybridized carbons (Fsp3) is 0.0769. The number of nitriles is 1. The SMILES string of the molecule is N#Cc1cc(F)c(NN2C=C(C(=O)O)C=CC2)c(F)c1.